The zero-order valence-corrected chi connectivity index (χ0v) is 17.0. The molecule has 0 radical (unpaired) electrons. The fourth-order valence-electron chi connectivity index (χ4n) is 5.38. The molecule has 2 heterocycles. The van der Waals surface area contributed by atoms with Gasteiger partial charge in [-0.15, -0.1) is 0 Å². The third-order valence-corrected chi connectivity index (χ3v) is 6.78. The predicted molar refractivity (Wildman–Crippen MR) is 112 cm³/mol. The molecule has 4 nitrogen and oxygen atoms in total. The molecule has 2 aromatic rings. The smallest absolute Gasteiger partial charge is 0.222 e. The van der Waals surface area contributed by atoms with Gasteiger partial charge < -0.3 is 9.47 Å². The zero-order chi connectivity index (χ0) is 19.5. The van der Waals surface area contributed by atoms with Gasteiger partial charge in [-0.25, -0.2) is 0 Å². The van der Waals surface area contributed by atoms with E-state index < -0.39 is 0 Å². The summed E-state index contributed by atoms with van der Waals surface area (Å²) in [7, 11) is 2.02. The first-order valence-corrected chi connectivity index (χ1v) is 11.0. The molecule has 4 heteroatoms. The summed E-state index contributed by atoms with van der Waals surface area (Å²) in [6.45, 7) is 0.921. The molecule has 1 saturated carbocycles. The van der Waals surface area contributed by atoms with Crippen molar-refractivity contribution in [2.45, 2.75) is 70.3 Å². The van der Waals surface area contributed by atoms with Crippen LogP contribution in [-0.2, 0) is 23.1 Å². The van der Waals surface area contributed by atoms with Crippen molar-refractivity contribution in [2.75, 3.05) is 6.54 Å². The number of ketones is 1. The molecule has 2 fully saturated rings. The molecule has 1 saturated heterocycles. The number of Topliss-reactive ketones (excluding diaryl/α,β-unsaturated/α-hetero) is 1. The number of benzene rings is 1. The van der Waals surface area contributed by atoms with Gasteiger partial charge in [0.2, 0.25) is 5.91 Å². The van der Waals surface area contributed by atoms with Crippen LogP contribution in [0, 0.1) is 5.92 Å². The average molecular weight is 381 g/mol. The maximum Gasteiger partial charge on any atom is 0.222 e. The van der Waals surface area contributed by atoms with Gasteiger partial charge >= 0.3 is 0 Å². The van der Waals surface area contributed by atoms with E-state index in [1.165, 1.54) is 32.1 Å². The van der Waals surface area contributed by atoms with Crippen LogP contribution in [0.5, 0.6) is 0 Å². The Morgan fingerprint density at radius 3 is 2.71 bits per heavy atom. The van der Waals surface area contributed by atoms with E-state index in [1.807, 2.05) is 19.2 Å². The van der Waals surface area contributed by atoms with E-state index in [2.05, 4.69) is 27.8 Å². The first kappa shape index (κ1) is 19.2. The number of nitrogens with zero attached hydrogens (tertiary/aromatic N) is 2. The molecular formula is C24H32N2O2. The molecule has 1 aromatic heterocycles. The van der Waals surface area contributed by atoms with Crippen LogP contribution in [0.1, 0.15) is 63.4 Å². The Hall–Kier alpha value is -2.10. The minimum atomic E-state index is 0.235. The molecule has 1 aromatic carbocycles. The van der Waals surface area contributed by atoms with Crippen molar-refractivity contribution in [1.82, 2.24) is 9.47 Å². The van der Waals surface area contributed by atoms with Crippen LogP contribution in [0.3, 0.4) is 0 Å². The number of likely N-dealkylation sites (tertiary alicyclic amines) is 1. The molecule has 0 bridgehead atoms. The Bertz CT molecular complexity index is 851. The van der Waals surface area contributed by atoms with Gasteiger partial charge in [-0.05, 0) is 49.7 Å². The lowest BCUT2D eigenvalue weighted by atomic mass is 9.78. The van der Waals surface area contributed by atoms with Gasteiger partial charge in [-0.3, -0.25) is 9.59 Å². The van der Waals surface area contributed by atoms with Gasteiger partial charge in [-0.1, -0.05) is 31.0 Å². The molecule has 2 aliphatic rings. The van der Waals surface area contributed by atoms with Gasteiger partial charge in [0.25, 0.3) is 0 Å². The third-order valence-electron chi connectivity index (χ3n) is 6.78. The molecule has 1 aliphatic heterocycles. The Kier molecular flexibility index (Phi) is 5.84. The summed E-state index contributed by atoms with van der Waals surface area (Å²) in [6.07, 6.45) is 11.7. The fraction of sp³-hybridized carbons (Fsp3) is 0.583. The first-order chi connectivity index (χ1) is 13.6. The topological polar surface area (TPSA) is 42.3 Å². The van der Waals surface area contributed by atoms with E-state index in [0.717, 1.165) is 35.3 Å². The lowest BCUT2D eigenvalue weighted by Crippen LogP contribution is -2.49. The molecule has 1 aliphatic carbocycles. The number of aromatic nitrogens is 1. The quantitative estimate of drug-likeness (QED) is 0.732. The summed E-state index contributed by atoms with van der Waals surface area (Å²) >= 11 is 0. The summed E-state index contributed by atoms with van der Waals surface area (Å²) in [6, 6.07) is 8.68. The Morgan fingerprint density at radius 1 is 1.04 bits per heavy atom. The van der Waals surface area contributed by atoms with Crippen LogP contribution in [-0.4, -0.2) is 33.7 Å². The van der Waals surface area contributed by atoms with E-state index in [-0.39, 0.29) is 11.7 Å². The van der Waals surface area contributed by atoms with Crippen LogP contribution in [0.15, 0.2) is 30.5 Å². The normalized spacial score (nSPS) is 22.2. The lowest BCUT2D eigenvalue weighted by molar-refractivity contribution is -0.137. The van der Waals surface area contributed by atoms with E-state index in [0.29, 0.717) is 31.7 Å². The number of carbonyl (C=O) groups excluding carboxylic acids is 2. The molecule has 150 valence electrons. The molecule has 1 amide bonds. The van der Waals surface area contributed by atoms with E-state index in [1.54, 1.807) is 0 Å². The highest BCUT2D eigenvalue weighted by atomic mass is 16.2. The minimum Gasteiger partial charge on any atom is -0.350 e. The summed E-state index contributed by atoms with van der Waals surface area (Å²) < 4.78 is 2.08. The highest BCUT2D eigenvalue weighted by Crippen LogP contribution is 2.35. The fourth-order valence-corrected chi connectivity index (χ4v) is 5.38. The van der Waals surface area contributed by atoms with Gasteiger partial charge in [-0.2, -0.15) is 0 Å². The van der Waals surface area contributed by atoms with Crippen molar-refractivity contribution in [3.8, 4) is 0 Å². The van der Waals surface area contributed by atoms with Crippen LogP contribution in [0.25, 0.3) is 10.9 Å². The Balaban J connectivity index is 1.28. The molecule has 2 unspecified atom stereocenters. The number of fused-ring (bicyclic) bond motifs is 2. The van der Waals surface area contributed by atoms with Crippen molar-refractivity contribution in [3.05, 3.63) is 36.0 Å². The number of piperidine rings is 1. The van der Waals surface area contributed by atoms with E-state index in [9.17, 15) is 9.59 Å². The standard InChI is InChI=1S/C24H32N2O2/c1-25-17-19(21-11-3-5-13-23(21)25)16-20(27)10-6-14-24(28)26-15-7-9-18-8-2-4-12-22(18)26/h3,5,11,13,17-18,22H,2,4,6-10,12,14-16H2,1H3. The average Bonchev–Trinajstić information content (AvgIpc) is 3.03. The summed E-state index contributed by atoms with van der Waals surface area (Å²) in [5.74, 6) is 1.23. The number of rotatable bonds is 6. The van der Waals surface area contributed by atoms with Crippen LogP contribution < -0.4 is 0 Å². The minimum absolute atomic E-state index is 0.235. The van der Waals surface area contributed by atoms with Gasteiger partial charge in [0.1, 0.15) is 5.78 Å². The van der Waals surface area contributed by atoms with Gasteiger partial charge in [0.15, 0.2) is 0 Å². The highest BCUT2D eigenvalue weighted by molar-refractivity contribution is 5.90. The number of para-hydroxylation sites is 1. The van der Waals surface area contributed by atoms with Crippen LogP contribution in [0.4, 0.5) is 0 Å². The van der Waals surface area contributed by atoms with Crippen molar-refractivity contribution >= 4 is 22.6 Å². The van der Waals surface area contributed by atoms with Gasteiger partial charge in [0.05, 0.1) is 0 Å². The van der Waals surface area contributed by atoms with Crippen molar-refractivity contribution in [3.63, 3.8) is 0 Å². The lowest BCUT2D eigenvalue weighted by Gasteiger charge is -2.44. The molecule has 28 heavy (non-hydrogen) atoms. The van der Waals surface area contributed by atoms with Gasteiger partial charge in [0, 0.05) is 56.0 Å². The number of hydrogen-bond acceptors (Lipinski definition) is 2. The maximum absolute atomic E-state index is 12.8. The molecule has 4 rings (SSSR count). The number of amides is 1. The van der Waals surface area contributed by atoms with E-state index >= 15 is 0 Å². The second kappa shape index (κ2) is 8.50. The van der Waals surface area contributed by atoms with Crippen molar-refractivity contribution in [2.24, 2.45) is 13.0 Å². The predicted octanol–water partition coefficient (Wildman–Crippen LogP) is 4.64. The molecular weight excluding hydrogens is 348 g/mol. The summed E-state index contributed by atoms with van der Waals surface area (Å²) in [5, 5.41) is 1.16. The largest absolute Gasteiger partial charge is 0.350 e. The third kappa shape index (κ3) is 4.01. The summed E-state index contributed by atoms with van der Waals surface area (Å²) in [5.41, 5.74) is 2.25. The van der Waals surface area contributed by atoms with Crippen molar-refractivity contribution < 1.29 is 9.59 Å². The van der Waals surface area contributed by atoms with Crippen molar-refractivity contribution in [1.29, 1.82) is 0 Å². The maximum atomic E-state index is 12.8. The van der Waals surface area contributed by atoms with Crippen LogP contribution in [0.2, 0.25) is 0 Å². The highest BCUT2D eigenvalue weighted by Gasteiger charge is 2.35. The summed E-state index contributed by atoms with van der Waals surface area (Å²) in [4.78, 5) is 27.5. The molecule has 0 spiro atoms. The monoisotopic (exact) mass is 380 g/mol. The number of carbonyl (C=O) groups is 2. The SMILES string of the molecule is Cn1cc(CC(=O)CCCC(=O)N2CCCC3CCCCC32)c2ccccc21. The van der Waals surface area contributed by atoms with E-state index in [4.69, 9.17) is 0 Å². The Labute approximate surface area is 167 Å². The molecule has 2 atom stereocenters. The van der Waals surface area contributed by atoms with Crippen LogP contribution >= 0.6 is 0 Å². The number of aryl methyl sites for hydroxylation is 1. The first-order valence-electron chi connectivity index (χ1n) is 11.0. The Morgan fingerprint density at radius 2 is 1.82 bits per heavy atom. The number of hydrogen-bond donors (Lipinski definition) is 0. The second-order valence-electron chi connectivity index (χ2n) is 8.69. The second-order valence-corrected chi connectivity index (χ2v) is 8.69. The molecule has 0 N–H and O–H groups in total. The zero-order valence-electron chi connectivity index (χ0n) is 17.0.